The average molecular weight is 426 g/mol. The first-order valence-corrected chi connectivity index (χ1v) is 10.8. The van der Waals surface area contributed by atoms with Gasteiger partial charge in [0.15, 0.2) is 0 Å². The van der Waals surface area contributed by atoms with Gasteiger partial charge in [-0.3, -0.25) is 9.58 Å². The van der Waals surface area contributed by atoms with Crippen LogP contribution in [0.25, 0.3) is 0 Å². The van der Waals surface area contributed by atoms with E-state index in [1.54, 1.807) is 0 Å². The van der Waals surface area contributed by atoms with E-state index in [9.17, 15) is 0 Å². The summed E-state index contributed by atoms with van der Waals surface area (Å²) in [6, 6.07) is 20.2. The van der Waals surface area contributed by atoms with Crippen molar-refractivity contribution in [2.24, 2.45) is 7.05 Å². The summed E-state index contributed by atoms with van der Waals surface area (Å²) in [5, 5.41) is 5.43. The molecule has 1 aliphatic heterocycles. The molecule has 30 heavy (non-hydrogen) atoms. The molecule has 1 aromatic heterocycles. The van der Waals surface area contributed by atoms with E-state index in [1.165, 1.54) is 5.56 Å². The topological polar surface area (TPSA) is 39.5 Å². The lowest BCUT2D eigenvalue weighted by Crippen LogP contribution is -2.39. The lowest BCUT2D eigenvalue weighted by atomic mass is 10.1. The molecule has 158 valence electrons. The van der Waals surface area contributed by atoms with Crippen LogP contribution in [0, 0.1) is 0 Å². The lowest BCUT2D eigenvalue weighted by Gasteiger charge is -2.32. The van der Waals surface area contributed by atoms with Gasteiger partial charge in [0.05, 0.1) is 18.9 Å². The van der Waals surface area contributed by atoms with E-state index in [-0.39, 0.29) is 6.10 Å². The molecule has 0 bridgehead atoms. The molecule has 0 spiro atoms. The second-order valence-electron chi connectivity index (χ2n) is 7.63. The van der Waals surface area contributed by atoms with Crippen molar-refractivity contribution in [3.63, 3.8) is 0 Å². The molecule has 1 saturated heterocycles. The Morgan fingerprint density at radius 3 is 2.70 bits per heavy atom. The van der Waals surface area contributed by atoms with Gasteiger partial charge < -0.3 is 9.47 Å². The molecule has 1 unspecified atom stereocenters. The van der Waals surface area contributed by atoms with E-state index in [2.05, 4.69) is 41.3 Å². The summed E-state index contributed by atoms with van der Waals surface area (Å²) in [6.07, 6.45) is 1.87. The summed E-state index contributed by atoms with van der Waals surface area (Å²) >= 11 is 5.92. The first-order chi connectivity index (χ1) is 14.7. The van der Waals surface area contributed by atoms with Crippen molar-refractivity contribution < 1.29 is 9.47 Å². The maximum atomic E-state index is 6.04. The zero-order valence-electron chi connectivity index (χ0n) is 17.3. The zero-order chi connectivity index (χ0) is 20.8. The van der Waals surface area contributed by atoms with E-state index in [0.29, 0.717) is 11.6 Å². The average Bonchev–Trinajstić information content (AvgIpc) is 3.15. The van der Waals surface area contributed by atoms with Gasteiger partial charge >= 0.3 is 0 Å². The number of nitrogens with zero attached hydrogens (tertiary/aromatic N) is 3. The zero-order valence-corrected chi connectivity index (χ0v) is 18.1. The minimum Gasteiger partial charge on any atom is -0.493 e. The highest BCUT2D eigenvalue weighted by Crippen LogP contribution is 2.23. The largest absolute Gasteiger partial charge is 0.493 e. The molecule has 0 N–H and O–H groups in total. The fourth-order valence-corrected chi connectivity index (χ4v) is 3.87. The summed E-state index contributed by atoms with van der Waals surface area (Å²) < 4.78 is 13.8. The standard InChI is InChI=1S/C24H28ClN3O2/c1-27-21(12-15-29-22-9-7-20(25)8-10-22)17-23(26-27)24-18-28(14-16-30-24)13-11-19-5-3-2-4-6-19/h2-10,17,24H,11-16,18H2,1H3. The first-order valence-electron chi connectivity index (χ1n) is 10.5. The van der Waals surface area contributed by atoms with Crippen LogP contribution in [-0.4, -0.2) is 47.5 Å². The molecule has 0 radical (unpaired) electrons. The quantitative estimate of drug-likeness (QED) is 0.539. The third kappa shape index (κ3) is 5.63. The van der Waals surface area contributed by atoms with Crippen LogP contribution in [0.1, 0.15) is 23.1 Å². The molecule has 3 aromatic rings. The molecule has 2 aromatic carbocycles. The van der Waals surface area contributed by atoms with Gasteiger partial charge in [0, 0.05) is 43.8 Å². The van der Waals surface area contributed by atoms with Gasteiger partial charge in [0.2, 0.25) is 0 Å². The third-order valence-electron chi connectivity index (χ3n) is 5.48. The molecule has 0 amide bonds. The van der Waals surface area contributed by atoms with Crippen molar-refractivity contribution in [3.8, 4) is 5.75 Å². The van der Waals surface area contributed by atoms with Gasteiger partial charge in [0.25, 0.3) is 0 Å². The van der Waals surface area contributed by atoms with Crippen LogP contribution in [0.4, 0.5) is 0 Å². The number of ether oxygens (including phenoxy) is 2. The molecule has 0 saturated carbocycles. The predicted molar refractivity (Wildman–Crippen MR) is 119 cm³/mol. The van der Waals surface area contributed by atoms with Crippen molar-refractivity contribution in [2.75, 3.05) is 32.8 Å². The van der Waals surface area contributed by atoms with Gasteiger partial charge in [0.1, 0.15) is 11.9 Å². The van der Waals surface area contributed by atoms with E-state index in [4.69, 9.17) is 26.2 Å². The molecule has 5 nitrogen and oxygen atoms in total. The van der Waals surface area contributed by atoms with Crippen molar-refractivity contribution in [1.82, 2.24) is 14.7 Å². The Labute approximate surface area is 183 Å². The molecule has 4 rings (SSSR count). The second kappa shape index (κ2) is 10.1. The minimum atomic E-state index is 0.0201. The first kappa shape index (κ1) is 20.9. The second-order valence-corrected chi connectivity index (χ2v) is 8.07. The van der Waals surface area contributed by atoms with Crippen molar-refractivity contribution in [1.29, 1.82) is 0 Å². The highest BCUT2D eigenvalue weighted by Gasteiger charge is 2.24. The van der Waals surface area contributed by atoms with Crippen LogP contribution >= 0.6 is 11.6 Å². The Hall–Kier alpha value is -2.34. The smallest absolute Gasteiger partial charge is 0.119 e. The van der Waals surface area contributed by atoms with Gasteiger partial charge in [-0.15, -0.1) is 0 Å². The Morgan fingerprint density at radius 2 is 1.90 bits per heavy atom. The normalized spacial score (nSPS) is 17.2. The number of benzene rings is 2. The molecular formula is C24H28ClN3O2. The van der Waals surface area contributed by atoms with Gasteiger partial charge in [-0.1, -0.05) is 41.9 Å². The summed E-state index contributed by atoms with van der Waals surface area (Å²) in [4.78, 5) is 2.47. The minimum absolute atomic E-state index is 0.0201. The highest BCUT2D eigenvalue weighted by molar-refractivity contribution is 6.30. The van der Waals surface area contributed by atoms with E-state index in [0.717, 1.165) is 56.2 Å². The van der Waals surface area contributed by atoms with Crippen LogP contribution in [0.2, 0.25) is 5.02 Å². The fraction of sp³-hybridized carbons (Fsp3) is 0.375. The number of rotatable bonds is 8. The Bertz CT molecular complexity index is 927. The lowest BCUT2D eigenvalue weighted by molar-refractivity contribution is -0.0318. The third-order valence-corrected chi connectivity index (χ3v) is 5.73. The summed E-state index contributed by atoms with van der Waals surface area (Å²) in [7, 11) is 1.98. The fourth-order valence-electron chi connectivity index (χ4n) is 3.74. The van der Waals surface area contributed by atoms with Crippen LogP contribution in [0.5, 0.6) is 5.75 Å². The Balaban J connectivity index is 1.29. The molecule has 2 heterocycles. The van der Waals surface area contributed by atoms with Crippen LogP contribution in [-0.2, 0) is 24.6 Å². The number of morpholine rings is 1. The SMILES string of the molecule is Cn1nc(C2CN(CCc3ccccc3)CCO2)cc1CCOc1ccc(Cl)cc1. The van der Waals surface area contributed by atoms with Crippen molar-refractivity contribution >= 4 is 11.6 Å². The van der Waals surface area contributed by atoms with E-state index >= 15 is 0 Å². The molecule has 1 atom stereocenters. The van der Waals surface area contributed by atoms with Crippen LogP contribution in [0.15, 0.2) is 60.7 Å². The van der Waals surface area contributed by atoms with Crippen LogP contribution < -0.4 is 4.74 Å². The number of aromatic nitrogens is 2. The van der Waals surface area contributed by atoms with Crippen molar-refractivity contribution in [3.05, 3.63) is 82.6 Å². The number of aryl methyl sites for hydroxylation is 1. The van der Waals surface area contributed by atoms with Crippen LogP contribution in [0.3, 0.4) is 0 Å². The number of hydrogen-bond donors (Lipinski definition) is 0. The summed E-state index contributed by atoms with van der Waals surface area (Å²) in [5.74, 6) is 0.825. The van der Waals surface area contributed by atoms with Gasteiger partial charge in [-0.05, 0) is 42.3 Å². The maximum Gasteiger partial charge on any atom is 0.119 e. The monoisotopic (exact) mass is 425 g/mol. The summed E-state index contributed by atoms with van der Waals surface area (Å²) in [6.45, 7) is 4.22. The number of hydrogen-bond acceptors (Lipinski definition) is 4. The Morgan fingerprint density at radius 1 is 1.10 bits per heavy atom. The van der Waals surface area contributed by atoms with Crippen molar-refractivity contribution in [2.45, 2.75) is 18.9 Å². The molecule has 6 heteroatoms. The Kier molecular flexibility index (Phi) is 7.05. The molecule has 0 aliphatic carbocycles. The van der Waals surface area contributed by atoms with E-state index in [1.807, 2.05) is 36.0 Å². The molecule has 1 fully saturated rings. The van der Waals surface area contributed by atoms with E-state index < -0.39 is 0 Å². The molecular weight excluding hydrogens is 398 g/mol. The highest BCUT2D eigenvalue weighted by atomic mass is 35.5. The predicted octanol–water partition coefficient (Wildman–Crippen LogP) is 4.31. The van der Waals surface area contributed by atoms with Gasteiger partial charge in [-0.2, -0.15) is 5.10 Å². The molecule has 1 aliphatic rings. The summed E-state index contributed by atoms with van der Waals surface area (Å²) in [5.41, 5.74) is 3.52. The number of halogens is 1. The van der Waals surface area contributed by atoms with Gasteiger partial charge in [-0.25, -0.2) is 0 Å². The maximum absolute atomic E-state index is 6.04.